The zero-order chi connectivity index (χ0) is 31.0. The van der Waals surface area contributed by atoms with E-state index in [0.717, 1.165) is 11.1 Å². The highest BCUT2D eigenvalue weighted by Gasteiger charge is 2.45. The number of benzene rings is 2. The molecule has 3 aromatic rings. The van der Waals surface area contributed by atoms with E-state index in [1.807, 2.05) is 26.0 Å². The van der Waals surface area contributed by atoms with Crippen molar-refractivity contribution in [3.63, 3.8) is 0 Å². The van der Waals surface area contributed by atoms with Crippen LogP contribution >= 0.6 is 0 Å². The average Bonchev–Trinajstić information content (AvgIpc) is 3.37. The molecular weight excluding hydrogens is 596 g/mol. The maximum Gasteiger partial charge on any atom is 0.248 e. The molecule has 2 atom stereocenters. The lowest BCUT2D eigenvalue weighted by atomic mass is 9.88. The van der Waals surface area contributed by atoms with Crippen LogP contribution < -0.4 is 20.6 Å². The molecule has 0 bridgehead atoms. The predicted molar refractivity (Wildman–Crippen MR) is 161 cm³/mol. The number of ether oxygens (including phenoxy) is 2. The molecule has 2 aliphatic heterocycles. The zero-order valence-electron chi connectivity index (χ0n) is 24.2. The van der Waals surface area contributed by atoms with Gasteiger partial charge in [-0.3, -0.25) is 4.79 Å². The zero-order valence-corrected chi connectivity index (χ0v) is 25.9. The highest BCUT2D eigenvalue weighted by atomic mass is 32.2. The summed E-state index contributed by atoms with van der Waals surface area (Å²) >= 11 is 0. The Morgan fingerprint density at radius 2 is 1.91 bits per heavy atom. The summed E-state index contributed by atoms with van der Waals surface area (Å²) in [6.45, 7) is 5.44. The molecule has 0 aliphatic carbocycles. The van der Waals surface area contributed by atoms with Gasteiger partial charge in [-0.25, -0.2) is 22.0 Å². The molecule has 4 N–H and O–H groups in total. The van der Waals surface area contributed by atoms with Crippen LogP contribution in [0.4, 0.5) is 0 Å². The van der Waals surface area contributed by atoms with Gasteiger partial charge in [0.15, 0.2) is 0 Å². The number of piperidine rings is 1. The van der Waals surface area contributed by atoms with Crippen molar-refractivity contribution < 1.29 is 31.4 Å². The van der Waals surface area contributed by atoms with E-state index in [2.05, 4.69) is 5.32 Å². The van der Waals surface area contributed by atoms with Crippen LogP contribution in [0.5, 0.6) is 5.75 Å². The number of sulfonamides is 2. The monoisotopic (exact) mass is 634 g/mol. The Morgan fingerprint density at radius 1 is 1.16 bits per heavy atom. The Morgan fingerprint density at radius 3 is 2.60 bits per heavy atom. The summed E-state index contributed by atoms with van der Waals surface area (Å²) in [6, 6.07) is 11.1. The van der Waals surface area contributed by atoms with Crippen molar-refractivity contribution in [1.82, 2.24) is 14.2 Å². The molecule has 234 valence electrons. The van der Waals surface area contributed by atoms with Crippen LogP contribution in [0.3, 0.4) is 0 Å². The lowest BCUT2D eigenvalue weighted by molar-refractivity contribution is -0.0312. The number of primary sulfonamides is 1. The summed E-state index contributed by atoms with van der Waals surface area (Å²) in [5.74, 6) is 0.280. The highest BCUT2D eigenvalue weighted by molar-refractivity contribution is 7.89. The fourth-order valence-electron chi connectivity index (χ4n) is 5.81. The van der Waals surface area contributed by atoms with Gasteiger partial charge in [-0.15, -0.1) is 0 Å². The van der Waals surface area contributed by atoms with Gasteiger partial charge in [0.25, 0.3) is 0 Å². The molecule has 0 saturated carbocycles. The second kappa shape index (κ2) is 12.3. The second-order valence-electron chi connectivity index (χ2n) is 11.3. The van der Waals surface area contributed by atoms with Crippen LogP contribution in [0.2, 0.25) is 0 Å². The van der Waals surface area contributed by atoms with E-state index < -0.39 is 37.2 Å². The van der Waals surface area contributed by atoms with E-state index in [9.17, 15) is 26.7 Å². The third kappa shape index (κ3) is 6.80. The van der Waals surface area contributed by atoms with E-state index in [1.165, 1.54) is 28.7 Å². The summed E-state index contributed by atoms with van der Waals surface area (Å²) in [5.41, 5.74) is 0.742. The van der Waals surface area contributed by atoms with Crippen LogP contribution in [0.1, 0.15) is 31.7 Å². The number of hydrogen-bond acceptors (Lipinski definition) is 9. The van der Waals surface area contributed by atoms with Crippen molar-refractivity contribution in [2.45, 2.75) is 67.2 Å². The van der Waals surface area contributed by atoms with Gasteiger partial charge >= 0.3 is 0 Å². The molecule has 1 aromatic heterocycles. The SMILES string of the molecule is CCn1cc(S(=O)(=O)N2CCC3(CC2)C[C@@H](NC[C@H](O)COc2cccc(S(N)(=O)=O)c2)CO3)c(=O)c2ccc(C)cc21. The Hall–Kier alpha value is -2.85. The summed E-state index contributed by atoms with van der Waals surface area (Å²) in [6.07, 6.45) is 2.24. The van der Waals surface area contributed by atoms with Crippen molar-refractivity contribution >= 4 is 30.9 Å². The first-order valence-corrected chi connectivity index (χ1v) is 17.2. The minimum atomic E-state index is -4.01. The van der Waals surface area contributed by atoms with E-state index in [0.29, 0.717) is 37.8 Å². The third-order valence-electron chi connectivity index (χ3n) is 8.22. The van der Waals surface area contributed by atoms with Crippen LogP contribution in [0.25, 0.3) is 10.9 Å². The van der Waals surface area contributed by atoms with Gasteiger partial charge < -0.3 is 24.5 Å². The Labute approximate surface area is 251 Å². The molecule has 2 saturated heterocycles. The number of hydrogen-bond donors (Lipinski definition) is 3. The molecule has 3 heterocycles. The van der Waals surface area contributed by atoms with Crippen molar-refractivity contribution in [3.8, 4) is 5.75 Å². The van der Waals surface area contributed by atoms with Gasteiger partial charge in [0.2, 0.25) is 25.5 Å². The van der Waals surface area contributed by atoms with Crippen molar-refractivity contribution in [1.29, 1.82) is 0 Å². The number of aliphatic hydroxyl groups is 1. The molecule has 14 heteroatoms. The first-order chi connectivity index (χ1) is 20.3. The normalized spacial score (nSPS) is 20.0. The molecule has 1 spiro atoms. The standard InChI is InChI=1S/C29H38N4O8S2/c1-3-32-17-27(28(35)25-8-7-20(2)13-26(25)32)43(38,39)33-11-9-29(10-12-33)15-21(18-41-29)31-16-22(34)19-40-23-5-4-6-24(14-23)42(30,36)37/h4-8,13-14,17,21-22,31,34H,3,9-12,15-16,18-19H2,1-2H3,(H2,30,36,37)/t21-,22+/m1/s1. The number of rotatable bonds is 10. The van der Waals surface area contributed by atoms with Crippen molar-refractivity contribution in [3.05, 3.63) is 64.4 Å². The molecule has 43 heavy (non-hydrogen) atoms. The number of nitrogens with zero attached hydrogens (tertiary/aromatic N) is 2. The average molecular weight is 635 g/mol. The van der Waals surface area contributed by atoms with Gasteiger partial charge in [-0.2, -0.15) is 4.31 Å². The van der Waals surface area contributed by atoms with Gasteiger partial charge in [0.05, 0.1) is 22.6 Å². The largest absolute Gasteiger partial charge is 0.491 e. The molecule has 2 fully saturated rings. The number of pyridine rings is 1. The molecule has 2 aromatic carbocycles. The van der Waals surface area contributed by atoms with Gasteiger partial charge in [0.1, 0.15) is 23.4 Å². The van der Waals surface area contributed by atoms with Gasteiger partial charge in [-0.1, -0.05) is 12.1 Å². The Bertz CT molecular complexity index is 1770. The molecular formula is C29H38N4O8S2. The summed E-state index contributed by atoms with van der Waals surface area (Å²) in [4.78, 5) is 13.0. The third-order valence-corrected chi connectivity index (χ3v) is 11.0. The van der Waals surface area contributed by atoms with E-state index in [-0.39, 0.29) is 47.8 Å². The minimum Gasteiger partial charge on any atom is -0.491 e. The first kappa shape index (κ1) is 31.6. The number of fused-ring (bicyclic) bond motifs is 1. The molecule has 0 radical (unpaired) electrons. The lowest BCUT2D eigenvalue weighted by Gasteiger charge is -2.38. The number of aliphatic hydroxyl groups excluding tert-OH is 1. The summed E-state index contributed by atoms with van der Waals surface area (Å²) in [7, 11) is -7.87. The number of nitrogens with one attached hydrogen (secondary N) is 1. The van der Waals surface area contributed by atoms with Gasteiger partial charge in [-0.05, 0) is 62.9 Å². The fraction of sp³-hybridized carbons (Fsp3) is 0.483. The van der Waals surface area contributed by atoms with Crippen molar-refractivity contribution in [2.24, 2.45) is 5.14 Å². The van der Waals surface area contributed by atoms with E-state index in [1.54, 1.807) is 16.7 Å². The number of nitrogens with two attached hydrogens (primary N) is 1. The van der Waals surface area contributed by atoms with E-state index >= 15 is 0 Å². The maximum atomic E-state index is 13.6. The van der Waals surface area contributed by atoms with Crippen LogP contribution in [-0.4, -0.2) is 81.4 Å². The fourth-order valence-corrected chi connectivity index (χ4v) is 7.91. The van der Waals surface area contributed by atoms with Crippen LogP contribution in [-0.2, 0) is 31.3 Å². The molecule has 2 aliphatic rings. The van der Waals surface area contributed by atoms with Crippen molar-refractivity contribution in [2.75, 3.05) is 32.8 Å². The van der Waals surface area contributed by atoms with Crippen LogP contribution in [0, 0.1) is 6.92 Å². The molecule has 0 unspecified atom stereocenters. The van der Waals surface area contributed by atoms with E-state index in [4.69, 9.17) is 14.6 Å². The lowest BCUT2D eigenvalue weighted by Crippen LogP contribution is -2.47. The first-order valence-electron chi connectivity index (χ1n) is 14.3. The smallest absolute Gasteiger partial charge is 0.248 e. The number of aryl methyl sites for hydroxylation is 2. The Kier molecular flexibility index (Phi) is 9.01. The quantitative estimate of drug-likeness (QED) is 0.298. The highest BCUT2D eigenvalue weighted by Crippen LogP contribution is 2.37. The summed E-state index contributed by atoms with van der Waals surface area (Å²) in [5, 5.41) is 19.2. The Balaban J connectivity index is 1.16. The second-order valence-corrected chi connectivity index (χ2v) is 14.8. The molecule has 5 rings (SSSR count). The maximum absolute atomic E-state index is 13.6. The summed E-state index contributed by atoms with van der Waals surface area (Å²) < 4.78 is 65.2. The van der Waals surface area contributed by atoms with Crippen LogP contribution in [0.15, 0.2) is 63.2 Å². The molecule has 0 amide bonds. The van der Waals surface area contributed by atoms with Gasteiger partial charge in [0, 0.05) is 49.9 Å². The topological polar surface area (TPSA) is 170 Å². The number of aromatic nitrogens is 1. The molecule has 12 nitrogen and oxygen atoms in total. The minimum absolute atomic E-state index is 0.0378. The predicted octanol–water partition coefficient (Wildman–Crippen LogP) is 1.32.